The Kier molecular flexibility index (Phi) is 5.63. The van der Waals surface area contributed by atoms with Crippen molar-refractivity contribution in [3.8, 4) is 11.4 Å². The average Bonchev–Trinajstić information content (AvgIpc) is 3.17. The molecule has 0 fully saturated rings. The molecular weight excluding hydrogens is 426 g/mol. The van der Waals surface area contributed by atoms with Crippen molar-refractivity contribution in [1.29, 1.82) is 0 Å². The summed E-state index contributed by atoms with van der Waals surface area (Å²) in [6.45, 7) is 5.48. The number of amides is 1. The number of carbonyl (C=O) groups excluding carboxylic acids is 1. The van der Waals surface area contributed by atoms with Gasteiger partial charge in [0.05, 0.1) is 10.9 Å². The molecule has 2 heterocycles. The second kappa shape index (κ2) is 8.39. The van der Waals surface area contributed by atoms with Crippen molar-refractivity contribution in [1.82, 2.24) is 9.55 Å². The number of nitrogens with zero attached hydrogens (tertiary/aromatic N) is 2. The minimum absolute atomic E-state index is 0.0122. The first-order chi connectivity index (χ1) is 15.2. The van der Waals surface area contributed by atoms with Crippen LogP contribution in [-0.4, -0.2) is 26.5 Å². The predicted octanol–water partition coefficient (Wildman–Crippen LogP) is 4.39. The minimum atomic E-state index is -1.20. The Labute approximate surface area is 188 Å². The molecule has 162 valence electrons. The topological polar surface area (TPSA) is 101 Å². The summed E-state index contributed by atoms with van der Waals surface area (Å²) >= 11 is 1.10. The number of carbonyl (C=O) groups is 2. The smallest absolute Gasteiger partial charge is 0.337 e. The zero-order valence-electron chi connectivity index (χ0n) is 17.8. The SMILES string of the molecule is Cc1cccc(-c2nc3scc(C(=O)O)c3c(=O)n2CC(=O)Nc2ccc(C)cc2C)c1. The Bertz CT molecular complexity index is 1440. The molecule has 0 spiro atoms. The van der Waals surface area contributed by atoms with Gasteiger partial charge in [-0.1, -0.05) is 41.5 Å². The van der Waals surface area contributed by atoms with Crippen LogP contribution in [0.3, 0.4) is 0 Å². The Morgan fingerprint density at radius 3 is 2.53 bits per heavy atom. The molecule has 0 saturated carbocycles. The van der Waals surface area contributed by atoms with Crippen molar-refractivity contribution in [2.24, 2.45) is 0 Å². The number of aryl methyl sites for hydroxylation is 3. The number of hydrogen-bond acceptors (Lipinski definition) is 5. The van der Waals surface area contributed by atoms with Crippen LogP contribution in [0.2, 0.25) is 0 Å². The summed E-state index contributed by atoms with van der Waals surface area (Å²) in [5.41, 5.74) is 3.62. The van der Waals surface area contributed by atoms with E-state index in [2.05, 4.69) is 10.3 Å². The first-order valence-electron chi connectivity index (χ1n) is 9.94. The standard InChI is InChI=1S/C24H21N3O4S/c1-13-5-4-6-16(10-13)21-26-22-20(17(12-32-22)24(30)31)23(29)27(21)11-19(28)25-18-8-7-14(2)9-15(18)3/h4-10,12H,11H2,1-3H3,(H,25,28)(H,30,31). The van der Waals surface area contributed by atoms with Crippen LogP contribution in [-0.2, 0) is 11.3 Å². The van der Waals surface area contributed by atoms with Crippen molar-refractivity contribution in [3.63, 3.8) is 0 Å². The van der Waals surface area contributed by atoms with E-state index in [4.69, 9.17) is 0 Å². The Balaban J connectivity index is 1.83. The van der Waals surface area contributed by atoms with E-state index in [1.165, 1.54) is 9.95 Å². The molecule has 4 rings (SSSR count). The molecule has 2 N–H and O–H groups in total. The van der Waals surface area contributed by atoms with Gasteiger partial charge in [-0.05, 0) is 38.5 Å². The molecule has 0 radical (unpaired) electrons. The molecule has 2 aromatic heterocycles. The van der Waals surface area contributed by atoms with Gasteiger partial charge in [-0.2, -0.15) is 0 Å². The summed E-state index contributed by atoms with van der Waals surface area (Å²) in [6.07, 6.45) is 0. The normalized spacial score (nSPS) is 11.0. The van der Waals surface area contributed by atoms with Gasteiger partial charge in [0.2, 0.25) is 5.91 Å². The van der Waals surface area contributed by atoms with E-state index in [-0.39, 0.29) is 17.5 Å². The third kappa shape index (κ3) is 4.04. The van der Waals surface area contributed by atoms with Crippen LogP contribution in [0.25, 0.3) is 21.6 Å². The maximum absolute atomic E-state index is 13.4. The molecule has 2 aromatic carbocycles. The first kappa shape index (κ1) is 21.5. The summed E-state index contributed by atoms with van der Waals surface area (Å²) in [5.74, 6) is -1.29. The van der Waals surface area contributed by atoms with Gasteiger partial charge < -0.3 is 10.4 Å². The molecular formula is C24H21N3O4S. The monoisotopic (exact) mass is 447 g/mol. The lowest BCUT2D eigenvalue weighted by molar-refractivity contribution is -0.116. The lowest BCUT2D eigenvalue weighted by Gasteiger charge is -2.14. The third-order valence-corrected chi connectivity index (χ3v) is 6.03. The number of aromatic nitrogens is 2. The van der Waals surface area contributed by atoms with Gasteiger partial charge >= 0.3 is 5.97 Å². The lowest BCUT2D eigenvalue weighted by Crippen LogP contribution is -2.30. The molecule has 0 unspecified atom stereocenters. The van der Waals surface area contributed by atoms with E-state index in [1.54, 1.807) is 0 Å². The fourth-order valence-corrected chi connectivity index (χ4v) is 4.52. The van der Waals surface area contributed by atoms with Crippen LogP contribution in [0.4, 0.5) is 5.69 Å². The van der Waals surface area contributed by atoms with Crippen molar-refractivity contribution >= 4 is 39.1 Å². The van der Waals surface area contributed by atoms with Gasteiger partial charge in [0.25, 0.3) is 5.56 Å². The van der Waals surface area contributed by atoms with Gasteiger partial charge in [-0.3, -0.25) is 14.2 Å². The molecule has 0 aliphatic heterocycles. The van der Waals surface area contributed by atoms with E-state index in [1.807, 2.05) is 63.2 Å². The maximum atomic E-state index is 13.4. The average molecular weight is 448 g/mol. The summed E-state index contributed by atoms with van der Waals surface area (Å²) < 4.78 is 1.25. The number of benzene rings is 2. The first-order valence-corrected chi connectivity index (χ1v) is 10.8. The van der Waals surface area contributed by atoms with Crippen LogP contribution in [0.5, 0.6) is 0 Å². The Morgan fingerprint density at radius 2 is 1.84 bits per heavy atom. The molecule has 32 heavy (non-hydrogen) atoms. The number of aromatic carboxylic acids is 1. The number of carboxylic acids is 1. The second-order valence-corrected chi connectivity index (χ2v) is 8.56. The molecule has 0 atom stereocenters. The molecule has 0 aliphatic rings. The zero-order valence-corrected chi connectivity index (χ0v) is 18.6. The fraction of sp³-hybridized carbons (Fsp3) is 0.167. The van der Waals surface area contributed by atoms with Gasteiger partial charge in [-0.25, -0.2) is 9.78 Å². The summed E-state index contributed by atoms with van der Waals surface area (Å²) in [7, 11) is 0. The van der Waals surface area contributed by atoms with E-state index in [9.17, 15) is 19.5 Å². The number of fused-ring (bicyclic) bond motifs is 1. The van der Waals surface area contributed by atoms with E-state index >= 15 is 0 Å². The van der Waals surface area contributed by atoms with Gasteiger partial charge in [0.15, 0.2) is 0 Å². The molecule has 0 saturated heterocycles. The van der Waals surface area contributed by atoms with Crippen molar-refractivity contribution in [2.75, 3.05) is 5.32 Å². The fourth-order valence-electron chi connectivity index (χ4n) is 3.62. The minimum Gasteiger partial charge on any atom is -0.478 e. The molecule has 1 amide bonds. The number of anilines is 1. The number of carboxylic acid groups (broad SMARTS) is 1. The third-order valence-electron chi connectivity index (χ3n) is 5.16. The highest BCUT2D eigenvalue weighted by atomic mass is 32.1. The van der Waals surface area contributed by atoms with Crippen LogP contribution in [0.15, 0.2) is 52.6 Å². The predicted molar refractivity (Wildman–Crippen MR) is 126 cm³/mol. The van der Waals surface area contributed by atoms with Gasteiger partial charge in [-0.15, -0.1) is 11.3 Å². The Hall–Kier alpha value is -3.78. The number of hydrogen-bond donors (Lipinski definition) is 2. The summed E-state index contributed by atoms with van der Waals surface area (Å²) in [6, 6.07) is 13.1. The Morgan fingerprint density at radius 1 is 1.09 bits per heavy atom. The van der Waals surface area contributed by atoms with Crippen LogP contribution in [0, 0.1) is 20.8 Å². The summed E-state index contributed by atoms with van der Waals surface area (Å²) in [4.78, 5) is 42.8. The van der Waals surface area contributed by atoms with Gasteiger partial charge in [0, 0.05) is 16.6 Å². The number of thiophene rings is 1. The zero-order chi connectivity index (χ0) is 23.0. The molecule has 0 bridgehead atoms. The molecule has 4 aromatic rings. The molecule has 8 heteroatoms. The number of rotatable bonds is 5. The maximum Gasteiger partial charge on any atom is 0.337 e. The van der Waals surface area contributed by atoms with Crippen molar-refractivity contribution in [2.45, 2.75) is 27.3 Å². The van der Waals surface area contributed by atoms with E-state index < -0.39 is 17.4 Å². The number of nitrogens with one attached hydrogen (secondary N) is 1. The second-order valence-electron chi connectivity index (χ2n) is 7.70. The van der Waals surface area contributed by atoms with Crippen molar-refractivity contribution in [3.05, 3.63) is 80.5 Å². The highest BCUT2D eigenvalue weighted by molar-refractivity contribution is 7.17. The van der Waals surface area contributed by atoms with Crippen LogP contribution in [0.1, 0.15) is 27.0 Å². The van der Waals surface area contributed by atoms with Crippen LogP contribution >= 0.6 is 11.3 Å². The summed E-state index contributed by atoms with van der Waals surface area (Å²) in [5, 5.41) is 13.7. The molecule has 0 aliphatic carbocycles. The highest BCUT2D eigenvalue weighted by Gasteiger charge is 2.22. The van der Waals surface area contributed by atoms with Crippen LogP contribution < -0.4 is 10.9 Å². The highest BCUT2D eigenvalue weighted by Crippen LogP contribution is 2.26. The van der Waals surface area contributed by atoms with E-state index in [0.29, 0.717) is 21.9 Å². The van der Waals surface area contributed by atoms with Gasteiger partial charge in [0.1, 0.15) is 17.2 Å². The largest absolute Gasteiger partial charge is 0.478 e. The molecule has 7 nitrogen and oxygen atoms in total. The van der Waals surface area contributed by atoms with E-state index in [0.717, 1.165) is 28.0 Å². The lowest BCUT2D eigenvalue weighted by atomic mass is 10.1. The van der Waals surface area contributed by atoms with Crippen molar-refractivity contribution < 1.29 is 14.7 Å². The quantitative estimate of drug-likeness (QED) is 0.473.